The van der Waals surface area contributed by atoms with Crippen molar-refractivity contribution >= 4 is 35.1 Å². The van der Waals surface area contributed by atoms with Crippen LogP contribution in [-0.4, -0.2) is 61.5 Å². The Morgan fingerprint density at radius 1 is 1.12 bits per heavy atom. The maximum absolute atomic E-state index is 14.1. The Labute approximate surface area is 247 Å². The van der Waals surface area contributed by atoms with E-state index in [1.54, 1.807) is 36.4 Å². The van der Waals surface area contributed by atoms with Crippen LogP contribution in [0.3, 0.4) is 0 Å². The standard InChI is InChI=1S/C30H33ClN2O9/c1-30(2,16-34)15-33-21-9-8-18(31)12-20(21)26(19-6-5-7-22(39-3)27(19)40-4)42-23(28(33)36)13-24(35)32-14-17-10-11-41-25(17)29(37)38/h5-12,23,26,34H,13-16H2,1-4H3,(H,32,35)(H,37,38)/t23-,26-/m1/s1. The van der Waals surface area contributed by atoms with Gasteiger partial charge in [0.05, 0.1) is 26.9 Å². The van der Waals surface area contributed by atoms with Gasteiger partial charge in [0.15, 0.2) is 11.5 Å². The minimum atomic E-state index is -1.27. The third-order valence-corrected chi connectivity index (χ3v) is 7.16. The average Bonchev–Trinajstić information content (AvgIpc) is 3.42. The van der Waals surface area contributed by atoms with E-state index in [0.717, 1.165) is 0 Å². The number of nitrogens with zero attached hydrogens (tertiary/aromatic N) is 1. The smallest absolute Gasteiger partial charge is 0.372 e. The van der Waals surface area contributed by atoms with Crippen LogP contribution in [-0.2, 0) is 20.9 Å². The highest BCUT2D eigenvalue weighted by molar-refractivity contribution is 6.30. The third kappa shape index (κ3) is 6.53. The fraction of sp³-hybridized carbons (Fsp3) is 0.367. The number of anilines is 1. The fourth-order valence-electron chi connectivity index (χ4n) is 4.80. The molecule has 2 atom stereocenters. The maximum atomic E-state index is 14.1. The highest BCUT2D eigenvalue weighted by atomic mass is 35.5. The summed E-state index contributed by atoms with van der Waals surface area (Å²) in [5, 5.41) is 22.4. The van der Waals surface area contributed by atoms with Crippen molar-refractivity contribution in [1.82, 2.24) is 5.32 Å². The first kappa shape index (κ1) is 30.9. The van der Waals surface area contributed by atoms with Gasteiger partial charge in [0.2, 0.25) is 11.7 Å². The number of benzene rings is 2. The number of ether oxygens (including phenoxy) is 3. The summed E-state index contributed by atoms with van der Waals surface area (Å²) in [7, 11) is 3.00. The van der Waals surface area contributed by atoms with Gasteiger partial charge in [-0.1, -0.05) is 37.6 Å². The lowest BCUT2D eigenvalue weighted by atomic mass is 9.92. The van der Waals surface area contributed by atoms with Gasteiger partial charge in [-0.15, -0.1) is 0 Å². The zero-order chi connectivity index (χ0) is 30.6. The predicted molar refractivity (Wildman–Crippen MR) is 153 cm³/mol. The van der Waals surface area contributed by atoms with Crippen molar-refractivity contribution in [2.75, 3.05) is 32.3 Å². The van der Waals surface area contributed by atoms with E-state index in [0.29, 0.717) is 33.3 Å². The normalized spacial score (nSPS) is 16.9. The molecule has 3 aromatic rings. The van der Waals surface area contributed by atoms with Gasteiger partial charge in [-0.05, 0) is 30.3 Å². The van der Waals surface area contributed by atoms with Crippen LogP contribution in [0.2, 0.25) is 5.02 Å². The zero-order valence-electron chi connectivity index (χ0n) is 23.7. The van der Waals surface area contributed by atoms with Crippen LogP contribution in [0.5, 0.6) is 11.5 Å². The van der Waals surface area contributed by atoms with Crippen LogP contribution in [0.1, 0.15) is 53.6 Å². The SMILES string of the molecule is COc1cccc([C@H]2O[C@H](CC(=O)NCc3ccoc3C(=O)O)C(=O)N(CC(C)(C)CO)c3ccc(Cl)cc32)c1OC. The molecule has 2 amide bonds. The zero-order valence-corrected chi connectivity index (χ0v) is 24.4. The molecule has 2 heterocycles. The summed E-state index contributed by atoms with van der Waals surface area (Å²) in [4.78, 5) is 40.1. The second kappa shape index (κ2) is 12.8. The first-order chi connectivity index (χ1) is 20.0. The van der Waals surface area contributed by atoms with Crippen molar-refractivity contribution in [3.8, 4) is 11.5 Å². The quantitative estimate of drug-likeness (QED) is 0.294. The Balaban J connectivity index is 1.76. The van der Waals surface area contributed by atoms with Crippen molar-refractivity contribution in [3.05, 3.63) is 76.2 Å². The van der Waals surface area contributed by atoms with Crippen molar-refractivity contribution in [1.29, 1.82) is 0 Å². The summed E-state index contributed by atoms with van der Waals surface area (Å²) < 4.78 is 22.6. The molecule has 0 spiro atoms. The molecule has 0 fully saturated rings. The van der Waals surface area contributed by atoms with Crippen molar-refractivity contribution in [3.63, 3.8) is 0 Å². The molecule has 1 aliphatic heterocycles. The average molecular weight is 601 g/mol. The number of carbonyl (C=O) groups excluding carboxylic acids is 2. The molecule has 1 aliphatic rings. The number of aliphatic hydroxyl groups excluding tert-OH is 1. The minimum absolute atomic E-state index is 0.122. The lowest BCUT2D eigenvalue weighted by Crippen LogP contribution is -2.46. The number of aliphatic hydroxyl groups is 1. The van der Waals surface area contributed by atoms with Crippen molar-refractivity contribution in [2.45, 2.75) is 39.0 Å². The molecule has 0 bridgehead atoms. The van der Waals surface area contributed by atoms with Gasteiger partial charge in [0.1, 0.15) is 12.2 Å². The van der Waals surface area contributed by atoms with Gasteiger partial charge in [-0.3, -0.25) is 9.59 Å². The molecule has 0 radical (unpaired) electrons. The van der Waals surface area contributed by atoms with E-state index in [-0.39, 0.29) is 37.4 Å². The molecule has 11 nitrogen and oxygen atoms in total. The van der Waals surface area contributed by atoms with Crippen LogP contribution in [0.25, 0.3) is 0 Å². The largest absolute Gasteiger partial charge is 0.493 e. The Bertz CT molecular complexity index is 1470. The number of carbonyl (C=O) groups is 3. The second-order valence-corrected chi connectivity index (χ2v) is 11.0. The number of furan rings is 1. The van der Waals surface area contributed by atoms with Crippen LogP contribution in [0, 0.1) is 5.41 Å². The summed E-state index contributed by atoms with van der Waals surface area (Å²) in [5.41, 5.74) is 1.20. The van der Waals surface area contributed by atoms with E-state index in [9.17, 15) is 24.6 Å². The van der Waals surface area contributed by atoms with E-state index >= 15 is 0 Å². The van der Waals surface area contributed by atoms with Crippen LogP contribution >= 0.6 is 11.6 Å². The molecule has 0 aliphatic carbocycles. The maximum Gasteiger partial charge on any atom is 0.372 e. The first-order valence-corrected chi connectivity index (χ1v) is 13.5. The number of amides is 2. The van der Waals surface area contributed by atoms with E-state index in [1.165, 1.54) is 31.4 Å². The molecular formula is C30H33ClN2O9. The molecule has 224 valence electrons. The van der Waals surface area contributed by atoms with E-state index < -0.39 is 35.4 Å². The Kier molecular flexibility index (Phi) is 9.45. The summed E-state index contributed by atoms with van der Waals surface area (Å²) >= 11 is 6.44. The van der Waals surface area contributed by atoms with Crippen LogP contribution in [0.15, 0.2) is 53.1 Å². The van der Waals surface area contributed by atoms with E-state index in [2.05, 4.69) is 5.32 Å². The topological polar surface area (TPSA) is 148 Å². The number of fused-ring (bicyclic) bond motifs is 1. The van der Waals surface area contributed by atoms with Crippen LogP contribution < -0.4 is 19.7 Å². The van der Waals surface area contributed by atoms with Gasteiger partial charge in [-0.2, -0.15) is 0 Å². The summed E-state index contributed by atoms with van der Waals surface area (Å²) in [5.74, 6) is -1.76. The van der Waals surface area contributed by atoms with E-state index in [4.69, 9.17) is 30.2 Å². The number of nitrogens with one attached hydrogen (secondary N) is 1. The Hall–Kier alpha value is -4.06. The number of carboxylic acids is 1. The lowest BCUT2D eigenvalue weighted by Gasteiger charge is -2.32. The van der Waals surface area contributed by atoms with Gasteiger partial charge in [-0.25, -0.2) is 4.79 Å². The molecule has 4 rings (SSSR count). The second-order valence-electron chi connectivity index (χ2n) is 10.6. The number of methoxy groups -OCH3 is 2. The highest BCUT2D eigenvalue weighted by Crippen LogP contribution is 2.45. The molecule has 0 saturated heterocycles. The fourth-order valence-corrected chi connectivity index (χ4v) is 4.98. The minimum Gasteiger partial charge on any atom is -0.493 e. The van der Waals surface area contributed by atoms with Crippen molar-refractivity contribution < 1.29 is 43.2 Å². The number of hydrogen-bond donors (Lipinski definition) is 3. The number of para-hydroxylation sites is 1. The molecule has 3 N–H and O–H groups in total. The lowest BCUT2D eigenvalue weighted by molar-refractivity contribution is -0.138. The summed E-state index contributed by atoms with van der Waals surface area (Å²) in [6.07, 6.45) is -1.33. The van der Waals surface area contributed by atoms with Gasteiger partial charge < -0.3 is 39.1 Å². The predicted octanol–water partition coefficient (Wildman–Crippen LogP) is 4.19. The molecular weight excluding hydrogens is 568 g/mol. The highest BCUT2D eigenvalue weighted by Gasteiger charge is 2.40. The number of carboxylic acid groups (broad SMARTS) is 1. The number of halogens is 1. The van der Waals surface area contributed by atoms with E-state index in [1.807, 2.05) is 13.8 Å². The van der Waals surface area contributed by atoms with Gasteiger partial charge >= 0.3 is 5.97 Å². The first-order valence-electron chi connectivity index (χ1n) is 13.1. The molecule has 0 unspecified atom stereocenters. The molecule has 12 heteroatoms. The van der Waals surface area contributed by atoms with Crippen molar-refractivity contribution in [2.24, 2.45) is 5.41 Å². The number of aromatic carboxylic acids is 1. The summed E-state index contributed by atoms with van der Waals surface area (Å²) in [6, 6.07) is 11.8. The monoisotopic (exact) mass is 600 g/mol. The number of hydrogen-bond acceptors (Lipinski definition) is 8. The van der Waals surface area contributed by atoms with Gasteiger partial charge in [0, 0.05) is 52.5 Å². The molecule has 1 aromatic heterocycles. The third-order valence-electron chi connectivity index (χ3n) is 6.92. The number of rotatable bonds is 11. The Morgan fingerprint density at radius 2 is 1.88 bits per heavy atom. The Morgan fingerprint density at radius 3 is 2.55 bits per heavy atom. The molecule has 42 heavy (non-hydrogen) atoms. The molecule has 0 saturated carbocycles. The summed E-state index contributed by atoms with van der Waals surface area (Å²) in [6.45, 7) is 3.43. The van der Waals surface area contributed by atoms with Gasteiger partial charge in [0.25, 0.3) is 5.91 Å². The van der Waals surface area contributed by atoms with Crippen LogP contribution in [0.4, 0.5) is 5.69 Å². The molecule has 2 aromatic carbocycles.